The van der Waals surface area contributed by atoms with Gasteiger partial charge in [-0.2, -0.15) is 0 Å². The van der Waals surface area contributed by atoms with E-state index >= 15 is 0 Å². The van der Waals surface area contributed by atoms with Crippen molar-refractivity contribution in [3.05, 3.63) is 113 Å². The van der Waals surface area contributed by atoms with Crippen LogP contribution in [0, 0.1) is 5.41 Å². The van der Waals surface area contributed by atoms with Gasteiger partial charge in [-0.3, -0.25) is 0 Å². The predicted octanol–water partition coefficient (Wildman–Crippen LogP) is 7.88. The second-order valence-electron chi connectivity index (χ2n) is 11.2. The quantitative estimate of drug-likeness (QED) is 0.275. The van der Waals surface area contributed by atoms with Gasteiger partial charge in [0.2, 0.25) is 0 Å². The number of hydrogen-bond donors (Lipinski definition) is 1. The molecule has 2 aliphatic heterocycles. The van der Waals surface area contributed by atoms with Crippen molar-refractivity contribution in [2.24, 2.45) is 5.41 Å². The molecule has 1 unspecified atom stereocenters. The fourth-order valence-corrected chi connectivity index (χ4v) is 11.5. The number of fused-ring (bicyclic) bond motifs is 2. The van der Waals surface area contributed by atoms with E-state index in [9.17, 15) is 4.55 Å². The van der Waals surface area contributed by atoms with Gasteiger partial charge in [0.15, 0.2) is 0 Å². The van der Waals surface area contributed by atoms with E-state index in [0.29, 0.717) is 11.6 Å². The van der Waals surface area contributed by atoms with E-state index in [-0.39, 0.29) is 16.2 Å². The largest absolute Gasteiger partial charge is 0.598 e. The molecule has 0 saturated carbocycles. The normalized spacial score (nSPS) is 27.8. The zero-order valence-corrected chi connectivity index (χ0v) is 23.1. The van der Waals surface area contributed by atoms with Gasteiger partial charge >= 0.3 is 0 Å². The van der Waals surface area contributed by atoms with Crippen LogP contribution in [0.15, 0.2) is 96.6 Å². The highest BCUT2D eigenvalue weighted by Gasteiger charge is 2.61. The Morgan fingerprint density at radius 1 is 0.914 bits per heavy atom. The van der Waals surface area contributed by atoms with Crippen molar-refractivity contribution in [2.75, 3.05) is 6.16 Å². The fraction of sp³-hybridized carbons (Fsp3) is 0.355. The summed E-state index contributed by atoms with van der Waals surface area (Å²) in [6, 6.07) is 32.8. The van der Waals surface area contributed by atoms with Crippen LogP contribution in [0.3, 0.4) is 0 Å². The highest BCUT2D eigenvalue weighted by Crippen LogP contribution is 2.80. The highest BCUT2D eigenvalue weighted by atomic mass is 32.2. The minimum Gasteiger partial charge on any atom is -0.598 e. The Bertz CT molecular complexity index is 1190. The molecule has 3 aromatic rings. The fourth-order valence-electron chi connectivity index (χ4n) is 6.04. The number of allylic oxidation sites excluding steroid dienone is 1. The van der Waals surface area contributed by atoms with Crippen LogP contribution in [0.2, 0.25) is 0 Å². The molecule has 35 heavy (non-hydrogen) atoms. The molecule has 1 fully saturated rings. The topological polar surface area (TPSA) is 35.1 Å². The van der Waals surface area contributed by atoms with E-state index in [0.717, 1.165) is 0 Å². The summed E-state index contributed by atoms with van der Waals surface area (Å²) in [5.74, 6) is 0.372. The molecule has 0 amide bonds. The molecule has 0 aliphatic carbocycles. The molecule has 2 heterocycles. The summed E-state index contributed by atoms with van der Waals surface area (Å²) < 4.78 is 16.9. The van der Waals surface area contributed by atoms with Crippen molar-refractivity contribution in [1.29, 1.82) is 0 Å². The van der Waals surface area contributed by atoms with Crippen LogP contribution in [0.4, 0.5) is 0 Å². The summed E-state index contributed by atoms with van der Waals surface area (Å²) in [6.07, 6.45) is 1.19. The monoisotopic (exact) mass is 501 g/mol. The van der Waals surface area contributed by atoms with Gasteiger partial charge < -0.3 is 4.55 Å². The average Bonchev–Trinajstić information content (AvgIpc) is 3.30. The summed E-state index contributed by atoms with van der Waals surface area (Å²) in [7, 11) is -0.470. The molecule has 1 N–H and O–H groups in total. The molecule has 4 heteroatoms. The molecule has 0 aromatic heterocycles. The lowest BCUT2D eigenvalue weighted by Crippen LogP contribution is -2.46. The van der Waals surface area contributed by atoms with Gasteiger partial charge in [0.05, 0.1) is 6.04 Å². The van der Waals surface area contributed by atoms with Crippen molar-refractivity contribution >= 4 is 24.6 Å². The summed E-state index contributed by atoms with van der Waals surface area (Å²) in [4.78, 5) is 0. The van der Waals surface area contributed by atoms with Gasteiger partial charge in [-0.05, 0) is 55.9 Å². The van der Waals surface area contributed by atoms with E-state index in [1.165, 1.54) is 22.9 Å². The molecule has 5 rings (SSSR count). The van der Waals surface area contributed by atoms with Gasteiger partial charge in [0.25, 0.3) is 0 Å². The molecule has 2 aliphatic rings. The van der Waals surface area contributed by atoms with E-state index in [1.54, 1.807) is 10.9 Å². The standard InChI is InChI=1S/C31H36NOPS/c1-22-28(25-19-13-8-14-20-25)34-21-31(22,5)26(23-15-9-6-10-16-23)29(34)27(24-17-11-7-12-18-24)32-35(33)30(2,3)4/h6-20,26-27,29,32H,21H2,1-5H3/t26-,27+,29?,31+,34-,35-/m1/s1. The zero-order chi connectivity index (χ0) is 24.8. The smallest absolute Gasteiger partial charge is 0.136 e. The molecule has 3 aromatic carbocycles. The summed E-state index contributed by atoms with van der Waals surface area (Å²) in [6.45, 7) is 11.0. The molecule has 2 bridgehead atoms. The number of nitrogens with one attached hydrogen (secondary N) is 1. The summed E-state index contributed by atoms with van der Waals surface area (Å²) in [5.41, 5.74) is 5.98. The number of benzene rings is 3. The Labute approximate surface area is 215 Å². The lowest BCUT2D eigenvalue weighted by atomic mass is 9.67. The third-order valence-corrected chi connectivity index (χ3v) is 12.9. The first kappa shape index (κ1) is 24.8. The maximum atomic E-state index is 13.5. The Balaban J connectivity index is 1.69. The first-order valence-corrected chi connectivity index (χ1v) is 15.3. The first-order valence-electron chi connectivity index (χ1n) is 12.5. The average molecular weight is 502 g/mol. The zero-order valence-electron chi connectivity index (χ0n) is 21.4. The van der Waals surface area contributed by atoms with Crippen LogP contribution in [-0.4, -0.2) is 21.1 Å². The van der Waals surface area contributed by atoms with Crippen LogP contribution in [0.5, 0.6) is 0 Å². The van der Waals surface area contributed by atoms with E-state index in [1.807, 2.05) is 0 Å². The van der Waals surface area contributed by atoms with Gasteiger partial charge in [-0.15, -0.1) is 4.72 Å². The highest BCUT2D eigenvalue weighted by molar-refractivity contribution is 7.90. The maximum Gasteiger partial charge on any atom is 0.136 e. The van der Waals surface area contributed by atoms with E-state index < -0.39 is 19.3 Å². The molecule has 6 atom stereocenters. The number of rotatable bonds is 6. The summed E-state index contributed by atoms with van der Waals surface area (Å²) in [5, 5.41) is 1.56. The van der Waals surface area contributed by atoms with Gasteiger partial charge in [-0.1, -0.05) is 111 Å². The van der Waals surface area contributed by atoms with Gasteiger partial charge in [0.1, 0.15) is 4.75 Å². The Hall–Kier alpha value is -1.90. The predicted molar refractivity (Wildman–Crippen MR) is 152 cm³/mol. The van der Waals surface area contributed by atoms with E-state index in [2.05, 4.69) is 130 Å². The molecule has 0 radical (unpaired) electrons. The lowest BCUT2D eigenvalue weighted by Gasteiger charge is -2.43. The van der Waals surface area contributed by atoms with Crippen LogP contribution in [0.1, 0.15) is 63.3 Å². The van der Waals surface area contributed by atoms with Crippen molar-refractivity contribution in [2.45, 2.75) is 57.0 Å². The third kappa shape index (κ3) is 4.42. The molecular formula is C31H36NOPS. The molecule has 1 saturated heterocycles. The first-order chi connectivity index (χ1) is 16.7. The molecule has 2 nitrogen and oxygen atoms in total. The van der Waals surface area contributed by atoms with Crippen LogP contribution in [-0.2, 0) is 11.4 Å². The minimum absolute atomic E-state index is 0.0150. The Morgan fingerprint density at radius 3 is 2.03 bits per heavy atom. The lowest BCUT2D eigenvalue weighted by molar-refractivity contribution is 0.345. The van der Waals surface area contributed by atoms with Crippen molar-refractivity contribution in [3.63, 3.8) is 0 Å². The second kappa shape index (κ2) is 9.52. The molecular weight excluding hydrogens is 465 g/mol. The molecule has 182 valence electrons. The van der Waals surface area contributed by atoms with Gasteiger partial charge in [-0.25, -0.2) is 0 Å². The third-order valence-electron chi connectivity index (χ3n) is 7.88. The summed E-state index contributed by atoms with van der Waals surface area (Å²) >= 11 is -1.17. The van der Waals surface area contributed by atoms with E-state index in [4.69, 9.17) is 0 Å². The molecule has 0 spiro atoms. The van der Waals surface area contributed by atoms with Crippen LogP contribution in [0.25, 0.3) is 5.31 Å². The van der Waals surface area contributed by atoms with Crippen molar-refractivity contribution in [1.82, 2.24) is 4.72 Å². The van der Waals surface area contributed by atoms with Crippen molar-refractivity contribution < 1.29 is 4.55 Å². The second-order valence-corrected chi connectivity index (χ2v) is 15.4. The Kier molecular flexibility index (Phi) is 6.74. The van der Waals surface area contributed by atoms with Crippen LogP contribution < -0.4 is 4.72 Å². The van der Waals surface area contributed by atoms with Crippen LogP contribution >= 0.6 is 7.92 Å². The number of hydrogen-bond acceptors (Lipinski definition) is 2. The van der Waals surface area contributed by atoms with Crippen molar-refractivity contribution in [3.8, 4) is 0 Å². The van der Waals surface area contributed by atoms with Gasteiger partial charge in [0, 0.05) is 28.4 Å². The maximum absolute atomic E-state index is 13.5. The Morgan fingerprint density at radius 2 is 1.46 bits per heavy atom. The SMILES string of the molecule is CC1=C(c2ccccc2)[P@@]2C[C@]1(C)[C@H](c1ccccc1)C2[C@@H](N[S@+]([O-])C(C)(C)C)c1ccccc1. The minimum atomic E-state index is -1.17.